The Balaban J connectivity index is 3.03. The van der Waals surface area contributed by atoms with Gasteiger partial charge in [0.2, 0.25) is 0 Å². The summed E-state index contributed by atoms with van der Waals surface area (Å²) in [5.41, 5.74) is 6.79. The van der Waals surface area contributed by atoms with Crippen LogP contribution < -0.4 is 5.73 Å². The molecule has 1 aromatic rings. The summed E-state index contributed by atoms with van der Waals surface area (Å²) in [6.07, 6.45) is 0. The van der Waals surface area contributed by atoms with Crippen LogP contribution in [0.25, 0.3) is 0 Å². The van der Waals surface area contributed by atoms with Gasteiger partial charge in [-0.15, -0.1) is 0 Å². The normalized spacial score (nSPS) is 10.8. The van der Waals surface area contributed by atoms with Crippen molar-refractivity contribution in [2.75, 3.05) is 6.54 Å². The summed E-state index contributed by atoms with van der Waals surface area (Å²) in [4.78, 5) is 11.3. The zero-order valence-electron chi connectivity index (χ0n) is 8.24. The standard InChI is InChI=1S/C9H15N3O/c1-6(2)7-4-8(9(13)5-10)12(3)11-7/h4,6H,5,10H2,1-3H3. The third kappa shape index (κ3) is 1.95. The average Bonchev–Trinajstić information content (AvgIpc) is 2.46. The molecule has 0 aliphatic carbocycles. The molecular formula is C9H15N3O. The smallest absolute Gasteiger partial charge is 0.194 e. The van der Waals surface area contributed by atoms with E-state index < -0.39 is 0 Å². The minimum Gasteiger partial charge on any atom is -0.324 e. The van der Waals surface area contributed by atoms with E-state index in [1.54, 1.807) is 17.8 Å². The first-order valence-electron chi connectivity index (χ1n) is 4.33. The van der Waals surface area contributed by atoms with Gasteiger partial charge in [-0.25, -0.2) is 0 Å². The molecule has 1 heterocycles. The largest absolute Gasteiger partial charge is 0.324 e. The van der Waals surface area contributed by atoms with Gasteiger partial charge in [0.25, 0.3) is 0 Å². The summed E-state index contributed by atoms with van der Waals surface area (Å²) in [7, 11) is 1.76. The number of Topliss-reactive ketones (excluding diaryl/α,β-unsaturated/α-hetero) is 1. The first kappa shape index (κ1) is 9.92. The van der Waals surface area contributed by atoms with Crippen LogP contribution in [0.4, 0.5) is 0 Å². The molecule has 0 fully saturated rings. The van der Waals surface area contributed by atoms with E-state index in [9.17, 15) is 4.79 Å². The fourth-order valence-electron chi connectivity index (χ4n) is 1.14. The Labute approximate surface area is 77.7 Å². The summed E-state index contributed by atoms with van der Waals surface area (Å²) < 4.78 is 1.59. The Morgan fingerprint density at radius 3 is 2.69 bits per heavy atom. The maximum absolute atomic E-state index is 11.3. The van der Waals surface area contributed by atoms with E-state index in [4.69, 9.17) is 5.73 Å². The van der Waals surface area contributed by atoms with Gasteiger partial charge < -0.3 is 5.73 Å². The molecule has 0 aliphatic rings. The predicted molar refractivity (Wildman–Crippen MR) is 50.7 cm³/mol. The van der Waals surface area contributed by atoms with Crippen molar-refractivity contribution in [3.05, 3.63) is 17.5 Å². The van der Waals surface area contributed by atoms with Crippen molar-refractivity contribution < 1.29 is 4.79 Å². The van der Waals surface area contributed by atoms with E-state index in [-0.39, 0.29) is 12.3 Å². The number of rotatable bonds is 3. The van der Waals surface area contributed by atoms with E-state index in [0.29, 0.717) is 11.6 Å². The molecule has 2 N–H and O–H groups in total. The van der Waals surface area contributed by atoms with Crippen LogP contribution in [-0.4, -0.2) is 22.1 Å². The molecule has 0 saturated carbocycles. The second-order valence-electron chi connectivity index (χ2n) is 3.36. The molecule has 1 aromatic heterocycles. The van der Waals surface area contributed by atoms with Crippen molar-refractivity contribution in [2.24, 2.45) is 12.8 Å². The van der Waals surface area contributed by atoms with Crippen molar-refractivity contribution >= 4 is 5.78 Å². The molecule has 0 aliphatic heterocycles. The first-order valence-corrected chi connectivity index (χ1v) is 4.33. The lowest BCUT2D eigenvalue weighted by Crippen LogP contribution is -2.16. The van der Waals surface area contributed by atoms with Crippen molar-refractivity contribution in [1.29, 1.82) is 0 Å². The third-order valence-corrected chi connectivity index (χ3v) is 1.96. The van der Waals surface area contributed by atoms with Gasteiger partial charge in [-0.1, -0.05) is 13.8 Å². The molecule has 4 heteroatoms. The Morgan fingerprint density at radius 2 is 2.31 bits per heavy atom. The number of nitrogens with two attached hydrogens (primary N) is 1. The predicted octanol–water partition coefficient (Wildman–Crippen LogP) is 0.685. The molecule has 0 saturated heterocycles. The monoisotopic (exact) mass is 181 g/mol. The summed E-state index contributed by atoms with van der Waals surface area (Å²) in [6.45, 7) is 4.12. The molecule has 0 amide bonds. The number of hydrogen-bond donors (Lipinski definition) is 1. The lowest BCUT2D eigenvalue weighted by atomic mass is 10.1. The van der Waals surface area contributed by atoms with Crippen molar-refractivity contribution in [3.63, 3.8) is 0 Å². The Morgan fingerprint density at radius 1 is 1.69 bits per heavy atom. The molecule has 0 radical (unpaired) electrons. The van der Waals surface area contributed by atoms with Crippen LogP contribution in [-0.2, 0) is 7.05 Å². The Hall–Kier alpha value is -1.16. The van der Waals surface area contributed by atoms with Crippen LogP contribution in [0.15, 0.2) is 6.07 Å². The topological polar surface area (TPSA) is 60.9 Å². The SMILES string of the molecule is CC(C)c1cc(C(=O)CN)n(C)n1. The molecule has 1 rings (SSSR count). The van der Waals surface area contributed by atoms with Crippen LogP contribution >= 0.6 is 0 Å². The molecule has 0 atom stereocenters. The molecule has 0 spiro atoms. The van der Waals surface area contributed by atoms with Crippen LogP contribution in [0.2, 0.25) is 0 Å². The number of hydrogen-bond acceptors (Lipinski definition) is 3. The third-order valence-electron chi connectivity index (χ3n) is 1.96. The number of ketones is 1. The van der Waals surface area contributed by atoms with Gasteiger partial charge in [-0.05, 0) is 12.0 Å². The van der Waals surface area contributed by atoms with Gasteiger partial charge in [0.1, 0.15) is 5.69 Å². The zero-order valence-corrected chi connectivity index (χ0v) is 8.24. The highest BCUT2D eigenvalue weighted by Crippen LogP contribution is 2.13. The molecule has 4 nitrogen and oxygen atoms in total. The number of carbonyl (C=O) groups excluding carboxylic acids is 1. The Bertz CT molecular complexity index is 315. The van der Waals surface area contributed by atoms with Crippen LogP contribution in [0, 0.1) is 0 Å². The van der Waals surface area contributed by atoms with Gasteiger partial charge in [-0.2, -0.15) is 5.10 Å². The molecular weight excluding hydrogens is 166 g/mol. The van der Waals surface area contributed by atoms with E-state index in [1.165, 1.54) is 0 Å². The van der Waals surface area contributed by atoms with Crippen molar-refractivity contribution in [1.82, 2.24) is 9.78 Å². The first-order chi connectivity index (χ1) is 6.06. The fraction of sp³-hybridized carbons (Fsp3) is 0.556. The average molecular weight is 181 g/mol. The van der Waals surface area contributed by atoms with Crippen LogP contribution in [0.1, 0.15) is 35.9 Å². The van der Waals surface area contributed by atoms with E-state index in [0.717, 1.165) is 5.69 Å². The zero-order chi connectivity index (χ0) is 10.0. The molecule has 0 bridgehead atoms. The van der Waals surface area contributed by atoms with Gasteiger partial charge >= 0.3 is 0 Å². The Kier molecular flexibility index (Phi) is 2.83. The van der Waals surface area contributed by atoms with E-state index in [1.807, 2.05) is 13.8 Å². The van der Waals surface area contributed by atoms with E-state index >= 15 is 0 Å². The molecule has 13 heavy (non-hydrogen) atoms. The van der Waals surface area contributed by atoms with Gasteiger partial charge in [0.15, 0.2) is 5.78 Å². The second-order valence-corrected chi connectivity index (χ2v) is 3.36. The summed E-state index contributed by atoms with van der Waals surface area (Å²) in [5.74, 6) is 0.271. The quantitative estimate of drug-likeness (QED) is 0.698. The maximum atomic E-state index is 11.3. The van der Waals surface area contributed by atoms with Gasteiger partial charge in [0, 0.05) is 7.05 Å². The second kappa shape index (κ2) is 3.70. The maximum Gasteiger partial charge on any atom is 0.194 e. The number of aryl methyl sites for hydroxylation is 1. The van der Waals surface area contributed by atoms with Crippen molar-refractivity contribution in [3.8, 4) is 0 Å². The summed E-state index contributed by atoms with van der Waals surface area (Å²) in [5, 5.41) is 4.22. The molecule has 0 aromatic carbocycles. The lowest BCUT2D eigenvalue weighted by Gasteiger charge is -1.96. The minimum absolute atomic E-state index is 0.0388. The highest BCUT2D eigenvalue weighted by Gasteiger charge is 2.12. The van der Waals surface area contributed by atoms with Gasteiger partial charge in [0.05, 0.1) is 12.2 Å². The number of carbonyl (C=O) groups is 1. The lowest BCUT2D eigenvalue weighted by molar-refractivity contribution is 0.0992. The number of nitrogens with zero attached hydrogens (tertiary/aromatic N) is 2. The molecule has 72 valence electrons. The van der Waals surface area contributed by atoms with Gasteiger partial charge in [-0.3, -0.25) is 9.48 Å². The van der Waals surface area contributed by atoms with E-state index in [2.05, 4.69) is 5.10 Å². The summed E-state index contributed by atoms with van der Waals surface area (Å²) >= 11 is 0. The van der Waals surface area contributed by atoms with Crippen molar-refractivity contribution in [2.45, 2.75) is 19.8 Å². The minimum atomic E-state index is -0.0677. The molecule has 0 unspecified atom stereocenters. The number of aromatic nitrogens is 2. The highest BCUT2D eigenvalue weighted by molar-refractivity contribution is 5.96. The van der Waals surface area contributed by atoms with Crippen LogP contribution in [0.3, 0.4) is 0 Å². The fourth-order valence-corrected chi connectivity index (χ4v) is 1.14. The van der Waals surface area contributed by atoms with Crippen LogP contribution in [0.5, 0.6) is 0 Å². The highest BCUT2D eigenvalue weighted by atomic mass is 16.1. The summed E-state index contributed by atoms with van der Waals surface area (Å²) in [6, 6.07) is 1.81.